The van der Waals surface area contributed by atoms with E-state index in [0.29, 0.717) is 12.1 Å². The third-order valence-electron chi connectivity index (χ3n) is 5.03. The second-order valence-corrected chi connectivity index (χ2v) is 7.11. The molecule has 0 aliphatic heterocycles. The fraction of sp³-hybridized carbons (Fsp3) is 0.647. The monoisotopic (exact) mass is 321 g/mol. The molecular weight excluding hydrogens is 298 g/mol. The predicted molar refractivity (Wildman–Crippen MR) is 84.4 cm³/mol. The number of halogens is 1. The van der Waals surface area contributed by atoms with Crippen LogP contribution in [0.2, 0.25) is 0 Å². The maximum Gasteiger partial charge on any atom is 0.0328 e. The Morgan fingerprint density at radius 2 is 1.95 bits per heavy atom. The molecule has 0 radical (unpaired) electrons. The van der Waals surface area contributed by atoms with Gasteiger partial charge < -0.3 is 5.32 Å². The van der Waals surface area contributed by atoms with Crippen molar-refractivity contribution in [2.24, 2.45) is 5.92 Å². The fourth-order valence-electron chi connectivity index (χ4n) is 3.87. The van der Waals surface area contributed by atoms with Crippen LogP contribution in [0.3, 0.4) is 0 Å². The van der Waals surface area contributed by atoms with Crippen molar-refractivity contribution in [3.05, 3.63) is 33.8 Å². The summed E-state index contributed by atoms with van der Waals surface area (Å²) in [6, 6.07) is 7.89. The summed E-state index contributed by atoms with van der Waals surface area (Å²) in [6.07, 6.45) is 9.63. The summed E-state index contributed by atoms with van der Waals surface area (Å²) in [5.41, 5.74) is 3.05. The molecule has 0 bridgehead atoms. The quantitative estimate of drug-likeness (QED) is 0.826. The standard InChI is InChI=1S/C17H24BrN/c1-12(13-6-3-2-4-7-13)19-17-11-10-14-15(17)8-5-9-16(14)18/h5,8-9,12-13,17,19H,2-4,6-7,10-11H2,1H3/t12-,17?/m1/s1. The lowest BCUT2D eigenvalue weighted by molar-refractivity contribution is 0.264. The van der Waals surface area contributed by atoms with Gasteiger partial charge >= 0.3 is 0 Å². The molecule has 2 aliphatic rings. The molecule has 1 saturated carbocycles. The molecule has 1 aromatic carbocycles. The zero-order valence-corrected chi connectivity index (χ0v) is 13.4. The molecule has 19 heavy (non-hydrogen) atoms. The van der Waals surface area contributed by atoms with Crippen LogP contribution in [0.15, 0.2) is 22.7 Å². The third kappa shape index (κ3) is 2.90. The summed E-state index contributed by atoms with van der Waals surface area (Å²) in [5, 5.41) is 3.91. The minimum absolute atomic E-state index is 0.574. The van der Waals surface area contributed by atoms with Crippen LogP contribution in [0.5, 0.6) is 0 Å². The Kier molecular flexibility index (Phi) is 4.28. The fourth-order valence-corrected chi connectivity index (χ4v) is 4.45. The van der Waals surface area contributed by atoms with Gasteiger partial charge in [0.1, 0.15) is 0 Å². The van der Waals surface area contributed by atoms with Gasteiger partial charge in [-0.3, -0.25) is 0 Å². The van der Waals surface area contributed by atoms with E-state index in [0.717, 1.165) is 5.92 Å². The Labute approximate surface area is 125 Å². The molecule has 3 rings (SSSR count). The van der Waals surface area contributed by atoms with Crippen LogP contribution in [-0.2, 0) is 6.42 Å². The summed E-state index contributed by atoms with van der Waals surface area (Å²) in [7, 11) is 0. The van der Waals surface area contributed by atoms with Crippen LogP contribution in [0.25, 0.3) is 0 Å². The average molecular weight is 322 g/mol. The van der Waals surface area contributed by atoms with Crippen molar-refractivity contribution < 1.29 is 0 Å². The first-order chi connectivity index (χ1) is 9.25. The molecule has 1 N–H and O–H groups in total. The Morgan fingerprint density at radius 1 is 1.16 bits per heavy atom. The molecule has 0 amide bonds. The summed E-state index contributed by atoms with van der Waals surface area (Å²) in [5.74, 6) is 0.893. The Morgan fingerprint density at radius 3 is 2.74 bits per heavy atom. The van der Waals surface area contributed by atoms with Crippen LogP contribution in [-0.4, -0.2) is 6.04 Å². The maximum absolute atomic E-state index is 3.91. The first kappa shape index (κ1) is 13.6. The molecule has 1 aromatic rings. The number of rotatable bonds is 3. The van der Waals surface area contributed by atoms with E-state index in [1.807, 2.05) is 0 Å². The van der Waals surface area contributed by atoms with Gasteiger partial charge in [-0.2, -0.15) is 0 Å². The molecule has 2 heteroatoms. The predicted octanol–water partition coefficient (Wildman–Crippen LogP) is 4.99. The van der Waals surface area contributed by atoms with E-state index >= 15 is 0 Å². The smallest absolute Gasteiger partial charge is 0.0328 e. The Balaban J connectivity index is 1.67. The van der Waals surface area contributed by atoms with Gasteiger partial charge in [0.15, 0.2) is 0 Å². The van der Waals surface area contributed by atoms with Crippen LogP contribution in [0, 0.1) is 5.92 Å². The van der Waals surface area contributed by atoms with Crippen molar-refractivity contribution in [3.63, 3.8) is 0 Å². The van der Waals surface area contributed by atoms with Gasteiger partial charge in [-0.1, -0.05) is 47.3 Å². The number of benzene rings is 1. The molecule has 1 fully saturated rings. The van der Waals surface area contributed by atoms with Gasteiger partial charge in [-0.05, 0) is 55.7 Å². The van der Waals surface area contributed by atoms with Crippen molar-refractivity contribution in [1.29, 1.82) is 0 Å². The van der Waals surface area contributed by atoms with Crippen LogP contribution >= 0.6 is 15.9 Å². The third-order valence-corrected chi connectivity index (χ3v) is 5.78. The number of fused-ring (bicyclic) bond motifs is 1. The number of nitrogens with one attached hydrogen (secondary N) is 1. The zero-order chi connectivity index (χ0) is 13.2. The largest absolute Gasteiger partial charge is 0.307 e. The first-order valence-corrected chi connectivity index (χ1v) is 8.58. The topological polar surface area (TPSA) is 12.0 Å². The van der Waals surface area contributed by atoms with Crippen LogP contribution in [0.4, 0.5) is 0 Å². The second kappa shape index (κ2) is 5.97. The summed E-state index contributed by atoms with van der Waals surface area (Å²) >= 11 is 3.69. The van der Waals surface area contributed by atoms with E-state index in [9.17, 15) is 0 Å². The normalized spacial score (nSPS) is 25.3. The van der Waals surface area contributed by atoms with Gasteiger partial charge in [0.05, 0.1) is 0 Å². The Hall–Kier alpha value is -0.340. The van der Waals surface area contributed by atoms with Gasteiger partial charge in [0.25, 0.3) is 0 Å². The first-order valence-electron chi connectivity index (χ1n) is 7.79. The van der Waals surface area contributed by atoms with Crippen molar-refractivity contribution in [2.45, 2.75) is 64.0 Å². The van der Waals surface area contributed by atoms with E-state index in [-0.39, 0.29) is 0 Å². The average Bonchev–Trinajstić information content (AvgIpc) is 2.84. The lowest BCUT2D eigenvalue weighted by Gasteiger charge is -2.31. The van der Waals surface area contributed by atoms with E-state index in [1.165, 1.54) is 60.5 Å². The van der Waals surface area contributed by atoms with Gasteiger partial charge in [-0.15, -0.1) is 0 Å². The molecule has 0 spiro atoms. The lowest BCUT2D eigenvalue weighted by atomic mass is 9.84. The van der Waals surface area contributed by atoms with E-state index in [1.54, 1.807) is 0 Å². The van der Waals surface area contributed by atoms with Crippen LogP contribution < -0.4 is 5.32 Å². The molecule has 1 unspecified atom stereocenters. The molecule has 2 aliphatic carbocycles. The lowest BCUT2D eigenvalue weighted by Crippen LogP contribution is -2.36. The number of hydrogen-bond donors (Lipinski definition) is 1. The molecule has 0 saturated heterocycles. The SMILES string of the molecule is C[C@@H](NC1CCc2c(Br)cccc21)C1CCCCC1. The summed E-state index contributed by atoms with van der Waals surface area (Å²) < 4.78 is 1.29. The summed E-state index contributed by atoms with van der Waals surface area (Å²) in [6.45, 7) is 2.39. The molecule has 104 valence electrons. The summed E-state index contributed by atoms with van der Waals surface area (Å²) in [4.78, 5) is 0. The van der Waals surface area contributed by atoms with Gasteiger partial charge in [0.2, 0.25) is 0 Å². The highest BCUT2D eigenvalue weighted by atomic mass is 79.9. The molecule has 2 atom stereocenters. The minimum Gasteiger partial charge on any atom is -0.307 e. The minimum atomic E-state index is 0.574. The van der Waals surface area contributed by atoms with Gasteiger partial charge in [-0.25, -0.2) is 0 Å². The maximum atomic E-state index is 3.91. The van der Waals surface area contributed by atoms with Crippen LogP contribution in [0.1, 0.15) is 62.6 Å². The zero-order valence-electron chi connectivity index (χ0n) is 11.8. The van der Waals surface area contributed by atoms with E-state index in [2.05, 4.69) is 46.4 Å². The molecular formula is C17H24BrN. The second-order valence-electron chi connectivity index (χ2n) is 6.25. The van der Waals surface area contributed by atoms with Crippen molar-refractivity contribution in [2.75, 3.05) is 0 Å². The highest BCUT2D eigenvalue weighted by Gasteiger charge is 2.27. The van der Waals surface area contributed by atoms with Crippen molar-refractivity contribution in [1.82, 2.24) is 5.32 Å². The molecule has 0 heterocycles. The highest BCUT2D eigenvalue weighted by Crippen LogP contribution is 2.37. The van der Waals surface area contributed by atoms with E-state index in [4.69, 9.17) is 0 Å². The van der Waals surface area contributed by atoms with E-state index < -0.39 is 0 Å². The van der Waals surface area contributed by atoms with Crippen molar-refractivity contribution >= 4 is 15.9 Å². The molecule has 0 aromatic heterocycles. The van der Waals surface area contributed by atoms with Gasteiger partial charge in [0, 0.05) is 16.6 Å². The Bertz CT molecular complexity index is 437. The molecule has 1 nitrogen and oxygen atoms in total. The highest BCUT2D eigenvalue weighted by molar-refractivity contribution is 9.10. The number of hydrogen-bond acceptors (Lipinski definition) is 1. The van der Waals surface area contributed by atoms with Crippen molar-refractivity contribution in [3.8, 4) is 0 Å².